The number of fused-ring (bicyclic) bond motifs is 1. The van der Waals surface area contributed by atoms with E-state index in [9.17, 15) is 9.59 Å². The standard InChI is InChI=1S/C7H10O3.C4H6O2/c8-6(9)7-4-2-1-3-5(7)10-7;1-3(2)4(5)6/h5H,1-4H2,(H,8,9);1H2,2H3,(H,5,6). The van der Waals surface area contributed by atoms with Crippen LogP contribution in [0.1, 0.15) is 32.6 Å². The summed E-state index contributed by atoms with van der Waals surface area (Å²) in [5, 5.41) is 16.6. The molecule has 2 fully saturated rings. The van der Waals surface area contributed by atoms with E-state index < -0.39 is 17.5 Å². The van der Waals surface area contributed by atoms with Crippen LogP contribution in [0.5, 0.6) is 0 Å². The lowest BCUT2D eigenvalue weighted by Gasteiger charge is -2.11. The zero-order chi connectivity index (χ0) is 12.3. The van der Waals surface area contributed by atoms with Crippen molar-refractivity contribution in [3.63, 3.8) is 0 Å². The van der Waals surface area contributed by atoms with Crippen molar-refractivity contribution in [2.45, 2.75) is 44.3 Å². The Bertz CT molecular complexity index is 310. The van der Waals surface area contributed by atoms with E-state index in [0.717, 1.165) is 19.3 Å². The third kappa shape index (κ3) is 2.61. The van der Waals surface area contributed by atoms with E-state index in [1.807, 2.05) is 0 Å². The maximum atomic E-state index is 10.6. The fourth-order valence-corrected chi connectivity index (χ4v) is 1.74. The van der Waals surface area contributed by atoms with Gasteiger partial charge < -0.3 is 14.9 Å². The lowest BCUT2D eigenvalue weighted by atomic mass is 9.89. The lowest BCUT2D eigenvalue weighted by Crippen LogP contribution is -2.29. The molecule has 5 nitrogen and oxygen atoms in total. The van der Waals surface area contributed by atoms with E-state index in [1.54, 1.807) is 0 Å². The van der Waals surface area contributed by atoms with E-state index in [4.69, 9.17) is 14.9 Å². The SMILES string of the molecule is C=C(C)C(=O)O.O=C(O)C12CCCCC1O2. The highest BCUT2D eigenvalue weighted by atomic mass is 16.6. The fourth-order valence-electron chi connectivity index (χ4n) is 1.74. The number of hydrogen-bond donors (Lipinski definition) is 2. The van der Waals surface area contributed by atoms with Crippen LogP contribution in [0.25, 0.3) is 0 Å². The van der Waals surface area contributed by atoms with Gasteiger partial charge in [-0.05, 0) is 26.2 Å². The summed E-state index contributed by atoms with van der Waals surface area (Å²) >= 11 is 0. The largest absolute Gasteiger partial charge is 0.479 e. The van der Waals surface area contributed by atoms with Crippen molar-refractivity contribution in [3.05, 3.63) is 12.2 Å². The Morgan fingerprint density at radius 2 is 1.94 bits per heavy atom. The lowest BCUT2D eigenvalue weighted by molar-refractivity contribution is -0.143. The summed E-state index contributed by atoms with van der Waals surface area (Å²) in [5.74, 6) is -1.70. The number of carboxylic acid groups (broad SMARTS) is 2. The average molecular weight is 228 g/mol. The molecule has 16 heavy (non-hydrogen) atoms. The van der Waals surface area contributed by atoms with Gasteiger partial charge in [0.15, 0.2) is 5.60 Å². The van der Waals surface area contributed by atoms with Crippen LogP contribution in [0, 0.1) is 0 Å². The first kappa shape index (κ1) is 12.7. The molecule has 2 unspecified atom stereocenters. The number of aliphatic carboxylic acids is 2. The maximum Gasteiger partial charge on any atom is 0.338 e. The first-order chi connectivity index (χ1) is 7.40. The monoisotopic (exact) mass is 228 g/mol. The first-order valence-corrected chi connectivity index (χ1v) is 5.20. The molecular weight excluding hydrogens is 212 g/mol. The van der Waals surface area contributed by atoms with E-state index in [-0.39, 0.29) is 11.7 Å². The van der Waals surface area contributed by atoms with Crippen molar-refractivity contribution < 1.29 is 24.5 Å². The van der Waals surface area contributed by atoms with Crippen LogP contribution in [0.2, 0.25) is 0 Å². The summed E-state index contributed by atoms with van der Waals surface area (Å²) in [4.78, 5) is 20.2. The molecule has 0 radical (unpaired) electrons. The van der Waals surface area contributed by atoms with Crippen LogP contribution < -0.4 is 0 Å². The summed E-state index contributed by atoms with van der Waals surface area (Å²) in [7, 11) is 0. The molecule has 0 aromatic carbocycles. The van der Waals surface area contributed by atoms with Gasteiger partial charge in [-0.1, -0.05) is 13.0 Å². The second kappa shape index (κ2) is 4.65. The van der Waals surface area contributed by atoms with Crippen LogP contribution in [0.3, 0.4) is 0 Å². The van der Waals surface area contributed by atoms with Gasteiger partial charge in [0.1, 0.15) is 0 Å². The molecule has 2 N–H and O–H groups in total. The predicted octanol–water partition coefficient (Wildman–Crippen LogP) is 1.43. The Kier molecular flexibility index (Phi) is 3.70. The number of rotatable bonds is 2. The average Bonchev–Trinajstić information content (AvgIpc) is 2.93. The van der Waals surface area contributed by atoms with Crippen molar-refractivity contribution >= 4 is 11.9 Å². The summed E-state index contributed by atoms with van der Waals surface area (Å²) < 4.78 is 5.13. The normalized spacial score (nSPS) is 30.4. The number of ether oxygens (including phenoxy) is 1. The van der Waals surface area contributed by atoms with Gasteiger partial charge in [-0.15, -0.1) is 0 Å². The van der Waals surface area contributed by atoms with Gasteiger partial charge in [-0.2, -0.15) is 0 Å². The Labute approximate surface area is 93.7 Å². The van der Waals surface area contributed by atoms with Gasteiger partial charge in [0.25, 0.3) is 0 Å². The van der Waals surface area contributed by atoms with Gasteiger partial charge in [-0.3, -0.25) is 0 Å². The van der Waals surface area contributed by atoms with Crippen LogP contribution in [-0.4, -0.2) is 33.9 Å². The Morgan fingerprint density at radius 1 is 1.38 bits per heavy atom. The smallest absolute Gasteiger partial charge is 0.338 e. The predicted molar refractivity (Wildman–Crippen MR) is 56.2 cm³/mol. The van der Waals surface area contributed by atoms with Gasteiger partial charge in [0, 0.05) is 5.57 Å². The number of epoxide rings is 1. The van der Waals surface area contributed by atoms with Crippen LogP contribution in [0.15, 0.2) is 12.2 Å². The zero-order valence-electron chi connectivity index (χ0n) is 9.23. The molecular formula is C11H16O5. The Morgan fingerprint density at radius 3 is 2.25 bits per heavy atom. The van der Waals surface area contributed by atoms with E-state index in [0.29, 0.717) is 6.42 Å². The van der Waals surface area contributed by atoms with Gasteiger partial charge >= 0.3 is 11.9 Å². The summed E-state index contributed by atoms with van der Waals surface area (Å²) in [6, 6.07) is 0. The molecule has 2 atom stereocenters. The van der Waals surface area contributed by atoms with Crippen LogP contribution in [-0.2, 0) is 14.3 Å². The van der Waals surface area contributed by atoms with Crippen molar-refractivity contribution in [2.75, 3.05) is 0 Å². The third-order valence-electron chi connectivity index (χ3n) is 2.81. The first-order valence-electron chi connectivity index (χ1n) is 5.20. The molecule has 90 valence electrons. The minimum atomic E-state index is -0.935. The minimum Gasteiger partial charge on any atom is -0.479 e. The maximum absolute atomic E-state index is 10.6. The molecule has 1 saturated carbocycles. The molecule has 1 aliphatic heterocycles. The van der Waals surface area contributed by atoms with Gasteiger partial charge in [0.05, 0.1) is 6.10 Å². The second-order valence-corrected chi connectivity index (χ2v) is 4.13. The molecule has 0 aromatic heterocycles. The summed E-state index contributed by atoms with van der Waals surface area (Å²) in [6.07, 6.45) is 3.82. The highest BCUT2D eigenvalue weighted by Gasteiger charge is 2.63. The minimum absolute atomic E-state index is 0.0405. The van der Waals surface area contributed by atoms with E-state index in [2.05, 4.69) is 6.58 Å². The number of carbonyl (C=O) groups is 2. The van der Waals surface area contributed by atoms with E-state index >= 15 is 0 Å². The van der Waals surface area contributed by atoms with Crippen LogP contribution >= 0.6 is 0 Å². The molecule has 0 bridgehead atoms. The third-order valence-corrected chi connectivity index (χ3v) is 2.81. The zero-order valence-corrected chi connectivity index (χ0v) is 9.23. The summed E-state index contributed by atoms with van der Waals surface area (Å²) in [6.45, 7) is 4.60. The van der Waals surface area contributed by atoms with Gasteiger partial charge in [-0.25, -0.2) is 9.59 Å². The van der Waals surface area contributed by atoms with E-state index in [1.165, 1.54) is 6.92 Å². The molecule has 2 rings (SSSR count). The molecule has 1 heterocycles. The Hall–Kier alpha value is -1.36. The quantitative estimate of drug-likeness (QED) is 0.551. The Balaban J connectivity index is 0.000000187. The van der Waals surface area contributed by atoms with Crippen molar-refractivity contribution in [3.8, 4) is 0 Å². The topological polar surface area (TPSA) is 87.1 Å². The molecule has 2 aliphatic rings. The number of carboxylic acids is 2. The fraction of sp³-hybridized carbons (Fsp3) is 0.636. The van der Waals surface area contributed by atoms with Gasteiger partial charge in [0.2, 0.25) is 0 Å². The second-order valence-electron chi connectivity index (χ2n) is 4.13. The highest BCUT2D eigenvalue weighted by molar-refractivity contribution is 5.84. The molecule has 0 amide bonds. The van der Waals surface area contributed by atoms with Crippen molar-refractivity contribution in [1.29, 1.82) is 0 Å². The molecule has 0 aromatic rings. The van der Waals surface area contributed by atoms with Crippen molar-refractivity contribution in [2.24, 2.45) is 0 Å². The molecule has 0 spiro atoms. The molecule has 1 saturated heterocycles. The van der Waals surface area contributed by atoms with Crippen molar-refractivity contribution in [1.82, 2.24) is 0 Å². The number of hydrogen-bond acceptors (Lipinski definition) is 3. The molecule has 5 heteroatoms. The van der Waals surface area contributed by atoms with Crippen LogP contribution in [0.4, 0.5) is 0 Å². The summed E-state index contributed by atoms with van der Waals surface area (Å²) in [5.41, 5.74) is -0.562. The highest BCUT2D eigenvalue weighted by Crippen LogP contribution is 2.47. The molecule has 1 aliphatic carbocycles.